The maximum Gasteiger partial charge on any atom is 0.317 e. The van der Waals surface area contributed by atoms with Crippen molar-refractivity contribution in [3.63, 3.8) is 0 Å². The van der Waals surface area contributed by atoms with Crippen LogP contribution in [0.15, 0.2) is 23.0 Å². The van der Waals surface area contributed by atoms with Crippen LogP contribution in [-0.4, -0.2) is 34.6 Å². The number of nitrogens with zero attached hydrogens (tertiary/aromatic N) is 1. The highest BCUT2D eigenvalue weighted by molar-refractivity contribution is 5.74. The van der Waals surface area contributed by atoms with Crippen LogP contribution in [0, 0.1) is 0 Å². The van der Waals surface area contributed by atoms with Crippen LogP contribution in [-0.2, 0) is 11.3 Å². The number of furan rings is 1. The molecule has 0 radical (unpaired) electrons. The van der Waals surface area contributed by atoms with E-state index in [1.54, 1.807) is 23.5 Å². The normalized spacial score (nSPS) is 18.8. The summed E-state index contributed by atoms with van der Waals surface area (Å²) in [5.41, 5.74) is 0.914. The van der Waals surface area contributed by atoms with E-state index in [1.165, 1.54) is 0 Å². The molecule has 110 valence electrons. The van der Waals surface area contributed by atoms with Gasteiger partial charge in [0.15, 0.2) is 0 Å². The van der Waals surface area contributed by atoms with Gasteiger partial charge in [-0.05, 0) is 31.7 Å². The molecule has 0 bridgehead atoms. The summed E-state index contributed by atoms with van der Waals surface area (Å²) in [5, 5.41) is 11.6. The zero-order valence-electron chi connectivity index (χ0n) is 11.4. The molecule has 1 saturated heterocycles. The van der Waals surface area contributed by atoms with Crippen molar-refractivity contribution in [2.45, 2.75) is 44.7 Å². The molecule has 0 spiro atoms. The molecule has 1 fully saturated rings. The fraction of sp³-hybridized carbons (Fsp3) is 0.571. The standard InChI is InChI=1S/C14H20N2O4/c17-13(18)5-4-12-3-1-2-7-16(12)14(19)15-9-11-6-8-20-10-11/h6,8,10,12H,1-5,7,9H2,(H,15,19)(H,17,18). The summed E-state index contributed by atoms with van der Waals surface area (Å²) < 4.78 is 4.95. The van der Waals surface area contributed by atoms with Gasteiger partial charge in [-0.2, -0.15) is 0 Å². The van der Waals surface area contributed by atoms with Gasteiger partial charge in [-0.3, -0.25) is 4.79 Å². The molecule has 0 aromatic carbocycles. The average Bonchev–Trinajstić information content (AvgIpc) is 2.96. The van der Waals surface area contributed by atoms with E-state index in [4.69, 9.17) is 9.52 Å². The molecule has 2 amide bonds. The van der Waals surface area contributed by atoms with Crippen LogP contribution < -0.4 is 5.32 Å². The lowest BCUT2D eigenvalue weighted by atomic mass is 9.98. The zero-order valence-corrected chi connectivity index (χ0v) is 11.4. The number of likely N-dealkylation sites (tertiary alicyclic amines) is 1. The van der Waals surface area contributed by atoms with E-state index >= 15 is 0 Å². The Hall–Kier alpha value is -1.98. The summed E-state index contributed by atoms with van der Waals surface area (Å²) in [5.74, 6) is -0.811. The Labute approximate surface area is 117 Å². The summed E-state index contributed by atoms with van der Waals surface area (Å²) >= 11 is 0. The van der Waals surface area contributed by atoms with Crippen molar-refractivity contribution in [1.29, 1.82) is 0 Å². The van der Waals surface area contributed by atoms with Gasteiger partial charge in [0.05, 0.1) is 12.5 Å². The molecule has 1 aliphatic heterocycles. The fourth-order valence-electron chi connectivity index (χ4n) is 2.53. The van der Waals surface area contributed by atoms with Crippen LogP contribution >= 0.6 is 0 Å². The minimum atomic E-state index is -0.811. The number of hydrogen-bond donors (Lipinski definition) is 2. The van der Waals surface area contributed by atoms with Crippen molar-refractivity contribution in [2.24, 2.45) is 0 Å². The first-order chi connectivity index (χ1) is 9.66. The number of carboxylic acids is 1. The number of carbonyl (C=O) groups is 2. The largest absolute Gasteiger partial charge is 0.481 e. The minimum Gasteiger partial charge on any atom is -0.481 e. The Morgan fingerprint density at radius 3 is 3.00 bits per heavy atom. The second kappa shape index (κ2) is 6.98. The van der Waals surface area contributed by atoms with Crippen LogP contribution in [0.2, 0.25) is 0 Å². The van der Waals surface area contributed by atoms with E-state index in [0.29, 0.717) is 19.5 Å². The van der Waals surface area contributed by atoms with E-state index in [0.717, 1.165) is 24.8 Å². The first-order valence-electron chi connectivity index (χ1n) is 6.94. The number of amides is 2. The summed E-state index contributed by atoms with van der Waals surface area (Å²) in [6.07, 6.45) is 6.70. The lowest BCUT2D eigenvalue weighted by Gasteiger charge is -2.35. The maximum atomic E-state index is 12.2. The molecular weight excluding hydrogens is 260 g/mol. The zero-order chi connectivity index (χ0) is 14.4. The number of hydrogen-bond acceptors (Lipinski definition) is 3. The van der Waals surface area contributed by atoms with Crippen LogP contribution in [0.25, 0.3) is 0 Å². The maximum absolute atomic E-state index is 12.2. The first kappa shape index (κ1) is 14.4. The molecule has 1 aliphatic rings. The number of nitrogens with one attached hydrogen (secondary N) is 1. The molecular formula is C14H20N2O4. The Bertz CT molecular complexity index is 444. The summed E-state index contributed by atoms with van der Waals surface area (Å²) in [4.78, 5) is 24.6. The number of carbonyl (C=O) groups excluding carboxylic acids is 1. The van der Waals surface area contributed by atoms with Gasteiger partial charge in [-0.25, -0.2) is 4.79 Å². The third-order valence-corrected chi connectivity index (χ3v) is 3.60. The van der Waals surface area contributed by atoms with Gasteiger partial charge in [-0.1, -0.05) is 0 Å². The smallest absolute Gasteiger partial charge is 0.317 e. The van der Waals surface area contributed by atoms with Gasteiger partial charge in [0.2, 0.25) is 0 Å². The molecule has 6 nitrogen and oxygen atoms in total. The number of urea groups is 1. The van der Waals surface area contributed by atoms with Crippen molar-refractivity contribution in [1.82, 2.24) is 10.2 Å². The molecule has 6 heteroatoms. The number of aliphatic carboxylic acids is 1. The van der Waals surface area contributed by atoms with Crippen LogP contribution in [0.1, 0.15) is 37.7 Å². The second-order valence-electron chi connectivity index (χ2n) is 5.07. The van der Waals surface area contributed by atoms with Gasteiger partial charge in [0, 0.05) is 31.1 Å². The molecule has 1 unspecified atom stereocenters. The number of piperidine rings is 1. The van der Waals surface area contributed by atoms with Gasteiger partial charge in [0.25, 0.3) is 0 Å². The highest BCUT2D eigenvalue weighted by Crippen LogP contribution is 2.21. The predicted octanol–water partition coefficient (Wildman–Crippen LogP) is 2.21. The second-order valence-corrected chi connectivity index (χ2v) is 5.07. The fourth-order valence-corrected chi connectivity index (χ4v) is 2.53. The highest BCUT2D eigenvalue weighted by atomic mass is 16.4. The lowest BCUT2D eigenvalue weighted by Crippen LogP contribution is -2.48. The molecule has 2 N–H and O–H groups in total. The summed E-state index contributed by atoms with van der Waals surface area (Å²) in [7, 11) is 0. The van der Waals surface area contributed by atoms with Crippen molar-refractivity contribution in [2.75, 3.05) is 6.54 Å². The monoisotopic (exact) mass is 280 g/mol. The minimum absolute atomic E-state index is 0.0317. The van der Waals surface area contributed by atoms with Crippen molar-refractivity contribution in [3.8, 4) is 0 Å². The molecule has 1 atom stereocenters. The molecule has 1 aromatic rings. The number of rotatable bonds is 5. The quantitative estimate of drug-likeness (QED) is 0.866. The Morgan fingerprint density at radius 2 is 2.30 bits per heavy atom. The van der Waals surface area contributed by atoms with Gasteiger partial charge in [0.1, 0.15) is 0 Å². The van der Waals surface area contributed by atoms with E-state index in [9.17, 15) is 9.59 Å². The van der Waals surface area contributed by atoms with Gasteiger partial charge in [-0.15, -0.1) is 0 Å². The van der Waals surface area contributed by atoms with Crippen LogP contribution in [0.3, 0.4) is 0 Å². The molecule has 2 rings (SSSR count). The predicted molar refractivity (Wildman–Crippen MR) is 72.2 cm³/mol. The Balaban J connectivity index is 1.86. The summed E-state index contributed by atoms with van der Waals surface area (Å²) in [6.45, 7) is 1.12. The molecule has 2 heterocycles. The van der Waals surface area contributed by atoms with E-state index < -0.39 is 5.97 Å². The SMILES string of the molecule is O=C(O)CCC1CCCCN1C(=O)NCc1ccoc1. The van der Waals surface area contributed by atoms with Crippen LogP contribution in [0.4, 0.5) is 4.79 Å². The average molecular weight is 280 g/mol. The van der Waals surface area contributed by atoms with E-state index in [-0.39, 0.29) is 18.5 Å². The lowest BCUT2D eigenvalue weighted by molar-refractivity contribution is -0.137. The first-order valence-corrected chi connectivity index (χ1v) is 6.94. The molecule has 20 heavy (non-hydrogen) atoms. The van der Waals surface area contributed by atoms with Gasteiger partial charge >= 0.3 is 12.0 Å². The number of carboxylic acid groups (broad SMARTS) is 1. The Morgan fingerprint density at radius 1 is 1.45 bits per heavy atom. The Kier molecular flexibility index (Phi) is 5.03. The van der Waals surface area contributed by atoms with E-state index in [2.05, 4.69) is 5.32 Å². The molecule has 0 saturated carbocycles. The van der Waals surface area contributed by atoms with E-state index in [1.807, 2.05) is 0 Å². The summed E-state index contributed by atoms with van der Waals surface area (Å²) in [6, 6.07) is 1.71. The topological polar surface area (TPSA) is 82.8 Å². The van der Waals surface area contributed by atoms with Gasteiger partial charge < -0.3 is 19.7 Å². The third-order valence-electron chi connectivity index (χ3n) is 3.60. The van der Waals surface area contributed by atoms with Crippen molar-refractivity contribution < 1.29 is 19.1 Å². The molecule has 1 aromatic heterocycles. The van der Waals surface area contributed by atoms with Crippen molar-refractivity contribution >= 4 is 12.0 Å². The van der Waals surface area contributed by atoms with Crippen molar-refractivity contribution in [3.05, 3.63) is 24.2 Å². The van der Waals surface area contributed by atoms with Crippen LogP contribution in [0.5, 0.6) is 0 Å². The molecule has 0 aliphatic carbocycles. The third kappa shape index (κ3) is 4.01. The highest BCUT2D eigenvalue weighted by Gasteiger charge is 2.26.